The normalized spacial score (nSPS) is 11.9. The van der Waals surface area contributed by atoms with Crippen molar-refractivity contribution in [1.82, 2.24) is 5.32 Å². The van der Waals surface area contributed by atoms with Crippen LogP contribution in [-0.4, -0.2) is 39.3 Å². The first-order valence-electron chi connectivity index (χ1n) is 6.13. The van der Waals surface area contributed by atoms with Crippen LogP contribution in [0.3, 0.4) is 0 Å². The van der Waals surface area contributed by atoms with Gasteiger partial charge in [-0.3, -0.25) is 10.1 Å². The zero-order valence-electron chi connectivity index (χ0n) is 11.7. The molecule has 0 radical (unpaired) electrons. The van der Waals surface area contributed by atoms with Crippen molar-refractivity contribution in [1.29, 1.82) is 0 Å². The lowest BCUT2D eigenvalue weighted by molar-refractivity contribution is -0.885. The molecular formula is C13H17F2N2O4+. The van der Waals surface area contributed by atoms with Gasteiger partial charge >= 0.3 is 12.7 Å². The Bertz CT molecular complexity index is 480. The molecule has 0 saturated carbocycles. The van der Waals surface area contributed by atoms with Gasteiger partial charge in [-0.15, -0.1) is 0 Å². The summed E-state index contributed by atoms with van der Waals surface area (Å²) >= 11 is 0. The van der Waals surface area contributed by atoms with Gasteiger partial charge in [0.1, 0.15) is 12.3 Å². The molecule has 1 aromatic rings. The minimum atomic E-state index is -2.86. The SMILES string of the molecule is COC(=O)NC(=O)C[NH+](C)Cc1ccc(OC(F)F)cc1. The summed E-state index contributed by atoms with van der Waals surface area (Å²) in [5.41, 5.74) is 0.847. The Kier molecular flexibility index (Phi) is 6.54. The number of ether oxygens (including phenoxy) is 2. The number of alkyl carbamates (subject to hydrolysis) is 1. The molecule has 0 heterocycles. The highest BCUT2D eigenvalue weighted by Gasteiger charge is 2.13. The Morgan fingerprint density at radius 1 is 1.29 bits per heavy atom. The lowest BCUT2D eigenvalue weighted by atomic mass is 10.2. The van der Waals surface area contributed by atoms with Crippen molar-refractivity contribution in [3.05, 3.63) is 29.8 Å². The number of carbonyl (C=O) groups excluding carboxylic acids is 2. The molecule has 21 heavy (non-hydrogen) atoms. The number of carbonyl (C=O) groups is 2. The van der Waals surface area contributed by atoms with Gasteiger partial charge in [0.2, 0.25) is 0 Å². The maximum atomic E-state index is 12.0. The van der Waals surface area contributed by atoms with E-state index in [0.717, 1.165) is 10.5 Å². The maximum Gasteiger partial charge on any atom is 0.413 e. The van der Waals surface area contributed by atoms with Gasteiger partial charge < -0.3 is 14.4 Å². The molecular weight excluding hydrogens is 286 g/mol. The molecule has 0 bridgehead atoms. The van der Waals surface area contributed by atoms with Crippen LogP contribution in [0.15, 0.2) is 24.3 Å². The molecule has 0 aliphatic carbocycles. The maximum absolute atomic E-state index is 12.0. The predicted octanol–water partition coefficient (Wildman–Crippen LogP) is 0.185. The fraction of sp³-hybridized carbons (Fsp3) is 0.385. The lowest BCUT2D eigenvalue weighted by Crippen LogP contribution is -3.08. The van der Waals surface area contributed by atoms with Gasteiger partial charge in [0, 0.05) is 5.56 Å². The third kappa shape index (κ3) is 6.66. The summed E-state index contributed by atoms with van der Waals surface area (Å²) in [6.07, 6.45) is -0.804. The van der Waals surface area contributed by atoms with Gasteiger partial charge in [0.05, 0.1) is 14.2 Å². The summed E-state index contributed by atoms with van der Waals surface area (Å²) in [5.74, 6) is -0.383. The number of quaternary nitrogens is 1. The quantitative estimate of drug-likeness (QED) is 0.787. The fourth-order valence-electron chi connectivity index (χ4n) is 1.68. The first-order valence-corrected chi connectivity index (χ1v) is 6.13. The first kappa shape index (κ1) is 16.8. The van der Waals surface area contributed by atoms with E-state index < -0.39 is 18.6 Å². The summed E-state index contributed by atoms with van der Waals surface area (Å²) in [4.78, 5) is 23.1. The van der Waals surface area contributed by atoms with E-state index in [-0.39, 0.29) is 12.3 Å². The van der Waals surface area contributed by atoms with Crippen molar-refractivity contribution < 1.29 is 32.7 Å². The smallest absolute Gasteiger partial charge is 0.413 e. The Morgan fingerprint density at radius 2 is 1.90 bits per heavy atom. The van der Waals surface area contributed by atoms with E-state index >= 15 is 0 Å². The number of hydrogen-bond acceptors (Lipinski definition) is 4. The Morgan fingerprint density at radius 3 is 2.43 bits per heavy atom. The van der Waals surface area contributed by atoms with Crippen LogP contribution in [0.2, 0.25) is 0 Å². The van der Waals surface area contributed by atoms with Gasteiger partial charge in [-0.05, 0) is 24.3 Å². The molecule has 0 fully saturated rings. The molecule has 6 nitrogen and oxygen atoms in total. The third-order valence-corrected chi connectivity index (χ3v) is 2.54. The van der Waals surface area contributed by atoms with Crippen molar-refractivity contribution >= 4 is 12.0 Å². The van der Waals surface area contributed by atoms with E-state index in [1.54, 1.807) is 19.2 Å². The van der Waals surface area contributed by atoms with E-state index in [4.69, 9.17) is 0 Å². The average molecular weight is 303 g/mol. The number of imide groups is 1. The highest BCUT2D eigenvalue weighted by Crippen LogP contribution is 2.14. The minimum Gasteiger partial charge on any atom is -0.453 e. The number of nitrogens with one attached hydrogen (secondary N) is 2. The summed E-state index contributed by atoms with van der Waals surface area (Å²) in [5, 5.41) is 2.05. The summed E-state index contributed by atoms with van der Waals surface area (Å²) in [6, 6.07) is 6.14. The van der Waals surface area contributed by atoms with Crippen LogP contribution in [0.25, 0.3) is 0 Å². The predicted molar refractivity (Wildman–Crippen MR) is 69.1 cm³/mol. The molecule has 2 amide bonds. The zero-order chi connectivity index (χ0) is 15.8. The third-order valence-electron chi connectivity index (χ3n) is 2.54. The number of benzene rings is 1. The number of rotatable bonds is 6. The lowest BCUT2D eigenvalue weighted by Gasteiger charge is -2.13. The number of hydrogen-bond donors (Lipinski definition) is 2. The molecule has 1 atom stereocenters. The van der Waals surface area contributed by atoms with Gasteiger partial charge in [-0.25, -0.2) is 4.79 Å². The number of methoxy groups -OCH3 is 1. The standard InChI is InChI=1S/C13H16F2N2O4/c1-17(8-11(18)16-13(19)20-2)7-9-3-5-10(6-4-9)21-12(14)15/h3-6,12H,7-8H2,1-2H3,(H,16,18,19)/p+1. The zero-order valence-corrected chi connectivity index (χ0v) is 11.7. The molecule has 8 heteroatoms. The van der Waals surface area contributed by atoms with Crippen LogP contribution < -0.4 is 15.0 Å². The molecule has 116 valence electrons. The van der Waals surface area contributed by atoms with Crippen LogP contribution in [0.1, 0.15) is 5.56 Å². The molecule has 1 unspecified atom stereocenters. The average Bonchev–Trinajstić information content (AvgIpc) is 2.39. The fourth-order valence-corrected chi connectivity index (χ4v) is 1.68. The van der Waals surface area contributed by atoms with Gasteiger partial charge in [0.25, 0.3) is 5.91 Å². The number of likely N-dealkylation sites (N-methyl/N-ethyl adjacent to an activating group) is 1. The Balaban J connectivity index is 2.45. The minimum absolute atomic E-state index is 0.0738. The monoisotopic (exact) mass is 303 g/mol. The molecule has 1 rings (SSSR count). The van der Waals surface area contributed by atoms with Crippen molar-refractivity contribution in [2.75, 3.05) is 20.7 Å². The second-order valence-corrected chi connectivity index (χ2v) is 4.37. The number of alkyl halides is 2. The second kappa shape index (κ2) is 8.15. The van der Waals surface area contributed by atoms with E-state index in [2.05, 4.69) is 14.8 Å². The van der Waals surface area contributed by atoms with E-state index in [9.17, 15) is 18.4 Å². The van der Waals surface area contributed by atoms with Crippen LogP contribution >= 0.6 is 0 Å². The van der Waals surface area contributed by atoms with E-state index in [0.29, 0.717) is 6.54 Å². The highest BCUT2D eigenvalue weighted by atomic mass is 19.3. The van der Waals surface area contributed by atoms with Crippen LogP contribution in [0.4, 0.5) is 13.6 Å². The molecule has 0 spiro atoms. The van der Waals surface area contributed by atoms with E-state index in [1.165, 1.54) is 19.2 Å². The molecule has 0 aliphatic heterocycles. The molecule has 1 aromatic carbocycles. The van der Waals surface area contributed by atoms with Gasteiger partial charge in [-0.2, -0.15) is 8.78 Å². The molecule has 0 aliphatic rings. The Labute approximate surface area is 120 Å². The highest BCUT2D eigenvalue weighted by molar-refractivity contribution is 5.92. The molecule has 2 N–H and O–H groups in total. The summed E-state index contributed by atoms with van der Waals surface area (Å²) in [7, 11) is 2.93. The largest absolute Gasteiger partial charge is 0.453 e. The molecule has 0 saturated heterocycles. The summed E-state index contributed by atoms with van der Waals surface area (Å²) < 4.78 is 32.5. The Hall–Kier alpha value is -2.22. The van der Waals surface area contributed by atoms with E-state index in [1.807, 2.05) is 0 Å². The van der Waals surface area contributed by atoms with Crippen LogP contribution in [0, 0.1) is 0 Å². The van der Waals surface area contributed by atoms with Crippen molar-refractivity contribution in [3.8, 4) is 5.75 Å². The number of halogens is 2. The van der Waals surface area contributed by atoms with Crippen LogP contribution in [0.5, 0.6) is 5.75 Å². The first-order chi connectivity index (χ1) is 9.90. The molecule has 0 aromatic heterocycles. The van der Waals surface area contributed by atoms with Crippen molar-refractivity contribution in [2.45, 2.75) is 13.2 Å². The van der Waals surface area contributed by atoms with Crippen LogP contribution in [-0.2, 0) is 16.1 Å². The van der Waals surface area contributed by atoms with Gasteiger partial charge in [0.15, 0.2) is 6.54 Å². The topological polar surface area (TPSA) is 69.1 Å². The van der Waals surface area contributed by atoms with Gasteiger partial charge in [-0.1, -0.05) is 0 Å². The second-order valence-electron chi connectivity index (χ2n) is 4.37. The summed E-state index contributed by atoms with van der Waals surface area (Å²) in [6.45, 7) is -2.29. The van der Waals surface area contributed by atoms with Crippen molar-refractivity contribution in [3.63, 3.8) is 0 Å². The number of amides is 2. The van der Waals surface area contributed by atoms with Crippen molar-refractivity contribution in [2.24, 2.45) is 0 Å².